The highest BCUT2D eigenvalue weighted by Gasteiger charge is 2.57. The smallest absolute Gasteiger partial charge is 0.0434 e. The highest BCUT2D eigenvalue weighted by atomic mass is 16.3. The Morgan fingerprint density at radius 3 is 2.32 bits per heavy atom. The van der Waals surface area contributed by atoms with E-state index in [4.69, 9.17) is 0 Å². The van der Waals surface area contributed by atoms with Gasteiger partial charge in [0.1, 0.15) is 0 Å². The van der Waals surface area contributed by atoms with Crippen LogP contribution >= 0.6 is 0 Å². The zero-order chi connectivity index (χ0) is 14.3. The van der Waals surface area contributed by atoms with Gasteiger partial charge in [0.05, 0.1) is 0 Å². The molecule has 2 aliphatic carbocycles. The van der Waals surface area contributed by atoms with Crippen LogP contribution in [0.4, 0.5) is 0 Å². The molecule has 1 unspecified atom stereocenters. The third-order valence-electron chi connectivity index (χ3n) is 7.14. The lowest BCUT2D eigenvalue weighted by atomic mass is 9.42. The predicted octanol–water partition coefficient (Wildman–Crippen LogP) is 5.03. The Balaban J connectivity index is 2.37. The predicted molar refractivity (Wildman–Crippen MR) is 82.1 cm³/mol. The molecule has 1 N–H and O–H groups in total. The van der Waals surface area contributed by atoms with Crippen LogP contribution in [-0.2, 0) is 0 Å². The molecule has 2 saturated carbocycles. The van der Waals surface area contributed by atoms with Gasteiger partial charge in [0.25, 0.3) is 0 Å². The summed E-state index contributed by atoms with van der Waals surface area (Å²) in [5.41, 5.74) is 1.39. The van der Waals surface area contributed by atoms with Crippen LogP contribution in [0.2, 0.25) is 0 Å². The first-order chi connectivity index (χ1) is 8.80. The normalized spacial score (nSPS) is 45.8. The Hall–Kier alpha value is -0.0400. The molecular weight excluding hydrogens is 232 g/mol. The van der Waals surface area contributed by atoms with Gasteiger partial charge < -0.3 is 5.11 Å². The van der Waals surface area contributed by atoms with E-state index < -0.39 is 0 Å². The molecule has 1 heteroatoms. The molecule has 112 valence electrons. The van der Waals surface area contributed by atoms with Crippen molar-refractivity contribution < 1.29 is 5.11 Å². The summed E-state index contributed by atoms with van der Waals surface area (Å²) < 4.78 is 0. The van der Waals surface area contributed by atoms with Crippen LogP contribution in [0.5, 0.6) is 0 Å². The summed E-state index contributed by atoms with van der Waals surface area (Å²) >= 11 is 0. The van der Waals surface area contributed by atoms with Crippen molar-refractivity contribution in [3.05, 3.63) is 0 Å². The number of aliphatic hydroxyl groups excluding tert-OH is 1. The van der Waals surface area contributed by atoms with Crippen molar-refractivity contribution in [3.63, 3.8) is 0 Å². The average Bonchev–Trinajstić information content (AvgIpc) is 2.33. The number of fused-ring (bicyclic) bond motifs is 1. The van der Waals surface area contributed by atoms with Crippen molar-refractivity contribution in [1.29, 1.82) is 0 Å². The van der Waals surface area contributed by atoms with E-state index in [1.807, 2.05) is 0 Å². The minimum atomic E-state index is 0.364. The Morgan fingerprint density at radius 1 is 1.05 bits per heavy atom. The number of aliphatic hydroxyl groups is 1. The molecule has 0 aromatic heterocycles. The Kier molecular flexibility index (Phi) is 4.09. The third-order valence-corrected chi connectivity index (χ3v) is 7.14. The summed E-state index contributed by atoms with van der Waals surface area (Å²) in [6, 6.07) is 0. The maximum absolute atomic E-state index is 9.58. The molecule has 19 heavy (non-hydrogen) atoms. The highest BCUT2D eigenvalue weighted by molar-refractivity contribution is 5.06. The molecule has 0 heterocycles. The van der Waals surface area contributed by atoms with Crippen molar-refractivity contribution in [1.82, 2.24) is 0 Å². The summed E-state index contributed by atoms with van der Waals surface area (Å²) in [4.78, 5) is 0. The molecule has 0 radical (unpaired) electrons. The van der Waals surface area contributed by atoms with Gasteiger partial charge in [-0.2, -0.15) is 0 Å². The minimum absolute atomic E-state index is 0.364. The molecule has 2 fully saturated rings. The number of rotatable bonds is 3. The van der Waals surface area contributed by atoms with E-state index >= 15 is 0 Å². The van der Waals surface area contributed by atoms with Gasteiger partial charge in [-0.15, -0.1) is 0 Å². The van der Waals surface area contributed by atoms with Crippen LogP contribution < -0.4 is 0 Å². The fraction of sp³-hybridized carbons (Fsp3) is 1.00. The van der Waals surface area contributed by atoms with Crippen molar-refractivity contribution in [2.45, 2.75) is 79.6 Å². The zero-order valence-electron chi connectivity index (χ0n) is 13.8. The molecule has 0 saturated heterocycles. The summed E-state index contributed by atoms with van der Waals surface area (Å²) in [5.74, 6) is 1.55. The molecule has 0 aliphatic heterocycles. The molecule has 0 aromatic rings. The molecule has 0 spiro atoms. The summed E-state index contributed by atoms with van der Waals surface area (Å²) in [7, 11) is 0. The van der Waals surface area contributed by atoms with Crippen molar-refractivity contribution in [2.24, 2.45) is 28.1 Å². The second kappa shape index (κ2) is 5.06. The fourth-order valence-electron chi connectivity index (χ4n) is 5.98. The molecule has 0 bridgehead atoms. The standard InChI is InChI=1S/C18H34O/c1-6-17(4)12-8-14-16(2,3)10-7-11-18(14,5)15(17)9-13-19/h14-15,19H,6-13H2,1-5H3/t14-,15+,17-,18?/m0/s1. The first kappa shape index (κ1) is 15.4. The zero-order valence-corrected chi connectivity index (χ0v) is 13.8. The maximum Gasteiger partial charge on any atom is 0.0434 e. The van der Waals surface area contributed by atoms with Gasteiger partial charge >= 0.3 is 0 Å². The van der Waals surface area contributed by atoms with Gasteiger partial charge in [0, 0.05) is 6.61 Å². The van der Waals surface area contributed by atoms with Crippen molar-refractivity contribution in [2.75, 3.05) is 6.61 Å². The molecule has 1 nitrogen and oxygen atoms in total. The van der Waals surface area contributed by atoms with Crippen LogP contribution in [0.3, 0.4) is 0 Å². The van der Waals surface area contributed by atoms with Crippen LogP contribution in [0, 0.1) is 28.1 Å². The first-order valence-electron chi connectivity index (χ1n) is 8.41. The van der Waals surface area contributed by atoms with E-state index in [-0.39, 0.29) is 0 Å². The lowest BCUT2D eigenvalue weighted by Gasteiger charge is -2.62. The Bertz CT molecular complexity index is 322. The molecule has 2 rings (SSSR count). The van der Waals surface area contributed by atoms with Crippen molar-refractivity contribution >= 4 is 0 Å². The van der Waals surface area contributed by atoms with Gasteiger partial charge in [-0.3, -0.25) is 0 Å². The summed E-state index contributed by atoms with van der Waals surface area (Å²) in [6.45, 7) is 12.7. The maximum atomic E-state index is 9.58. The molecule has 2 aliphatic rings. The van der Waals surface area contributed by atoms with Crippen LogP contribution in [-0.4, -0.2) is 11.7 Å². The molecular formula is C18H34O. The Morgan fingerprint density at radius 2 is 1.74 bits per heavy atom. The lowest BCUT2D eigenvalue weighted by molar-refractivity contribution is -0.135. The SMILES string of the molecule is CC[C@@]1(C)CC[C@H]2C(C)(C)CCCC2(C)[C@@H]1CCO. The largest absolute Gasteiger partial charge is 0.396 e. The number of hydrogen-bond acceptors (Lipinski definition) is 1. The van der Waals surface area contributed by atoms with Crippen molar-refractivity contribution in [3.8, 4) is 0 Å². The summed E-state index contributed by atoms with van der Waals surface area (Å²) in [5, 5.41) is 9.58. The first-order valence-corrected chi connectivity index (χ1v) is 8.41. The van der Waals surface area contributed by atoms with E-state index in [9.17, 15) is 5.11 Å². The average molecular weight is 266 g/mol. The molecule has 4 atom stereocenters. The minimum Gasteiger partial charge on any atom is -0.396 e. The van der Waals surface area contributed by atoms with Gasteiger partial charge in [-0.25, -0.2) is 0 Å². The highest BCUT2D eigenvalue weighted by Crippen LogP contribution is 2.65. The Labute approximate surface area is 120 Å². The number of hydrogen-bond donors (Lipinski definition) is 1. The van der Waals surface area contributed by atoms with E-state index in [1.54, 1.807) is 0 Å². The fourth-order valence-corrected chi connectivity index (χ4v) is 5.98. The second-order valence-electron chi connectivity index (χ2n) is 8.51. The van der Waals surface area contributed by atoms with Gasteiger partial charge in [0.2, 0.25) is 0 Å². The van der Waals surface area contributed by atoms with Gasteiger partial charge in [-0.1, -0.05) is 47.5 Å². The van der Waals surface area contributed by atoms with E-state index in [1.165, 1.54) is 38.5 Å². The molecule has 0 aromatic carbocycles. The van der Waals surface area contributed by atoms with E-state index in [0.717, 1.165) is 12.3 Å². The monoisotopic (exact) mass is 266 g/mol. The van der Waals surface area contributed by atoms with E-state index in [0.29, 0.717) is 28.8 Å². The third kappa shape index (κ3) is 2.37. The van der Waals surface area contributed by atoms with Crippen LogP contribution in [0.15, 0.2) is 0 Å². The van der Waals surface area contributed by atoms with Crippen LogP contribution in [0.25, 0.3) is 0 Å². The summed E-state index contributed by atoms with van der Waals surface area (Å²) in [6.07, 6.45) is 9.17. The quantitative estimate of drug-likeness (QED) is 0.759. The van der Waals surface area contributed by atoms with Gasteiger partial charge in [-0.05, 0) is 60.2 Å². The van der Waals surface area contributed by atoms with E-state index in [2.05, 4.69) is 34.6 Å². The molecule has 0 amide bonds. The van der Waals surface area contributed by atoms with Gasteiger partial charge in [0.15, 0.2) is 0 Å². The van der Waals surface area contributed by atoms with Crippen LogP contribution in [0.1, 0.15) is 79.6 Å². The topological polar surface area (TPSA) is 20.2 Å². The lowest BCUT2D eigenvalue weighted by Crippen LogP contribution is -2.54. The second-order valence-corrected chi connectivity index (χ2v) is 8.51.